The van der Waals surface area contributed by atoms with Crippen molar-refractivity contribution in [2.24, 2.45) is 0 Å². The van der Waals surface area contributed by atoms with Gasteiger partial charge in [-0.05, 0) is 38.1 Å². The molecule has 0 spiro atoms. The van der Waals surface area contributed by atoms with Crippen molar-refractivity contribution < 1.29 is 4.74 Å². The molecule has 2 rings (SSSR count). The highest BCUT2D eigenvalue weighted by molar-refractivity contribution is 5.63. The highest BCUT2D eigenvalue weighted by Crippen LogP contribution is 2.22. The van der Waals surface area contributed by atoms with E-state index in [0.29, 0.717) is 24.4 Å². The first-order valence-electron chi connectivity index (χ1n) is 6.48. The molecule has 0 bridgehead atoms. The van der Waals surface area contributed by atoms with Gasteiger partial charge in [-0.25, -0.2) is 4.98 Å². The van der Waals surface area contributed by atoms with Crippen molar-refractivity contribution in [2.75, 3.05) is 6.61 Å². The third-order valence-electron chi connectivity index (χ3n) is 2.97. The normalized spacial score (nSPS) is 10.5. The second-order valence-electron chi connectivity index (χ2n) is 4.30. The number of aryl methyl sites for hydroxylation is 1. The molecule has 0 aliphatic heterocycles. The summed E-state index contributed by atoms with van der Waals surface area (Å²) in [5, 5.41) is 0. The summed E-state index contributed by atoms with van der Waals surface area (Å²) in [6.07, 6.45) is 0.708. The van der Waals surface area contributed by atoms with Crippen LogP contribution in [0.1, 0.15) is 25.2 Å². The van der Waals surface area contributed by atoms with Gasteiger partial charge in [-0.3, -0.25) is 4.79 Å². The van der Waals surface area contributed by atoms with Gasteiger partial charge in [0, 0.05) is 17.5 Å². The van der Waals surface area contributed by atoms with Gasteiger partial charge in [0.2, 0.25) is 0 Å². The van der Waals surface area contributed by atoms with Gasteiger partial charge in [0.15, 0.2) is 0 Å². The second kappa shape index (κ2) is 5.69. The molecule has 0 saturated carbocycles. The second-order valence-corrected chi connectivity index (χ2v) is 4.30. The van der Waals surface area contributed by atoms with Crippen molar-refractivity contribution in [1.82, 2.24) is 9.97 Å². The quantitative estimate of drug-likeness (QED) is 0.917. The van der Waals surface area contributed by atoms with Crippen LogP contribution >= 0.6 is 0 Å². The van der Waals surface area contributed by atoms with Crippen LogP contribution in [0.4, 0.5) is 0 Å². The van der Waals surface area contributed by atoms with Gasteiger partial charge in [-0.15, -0.1) is 0 Å². The molecule has 100 valence electrons. The van der Waals surface area contributed by atoms with Gasteiger partial charge in [-0.1, -0.05) is 6.92 Å². The van der Waals surface area contributed by atoms with E-state index in [0.717, 1.165) is 17.0 Å². The minimum Gasteiger partial charge on any atom is -0.494 e. The molecule has 1 aromatic heterocycles. The average molecular weight is 258 g/mol. The van der Waals surface area contributed by atoms with Crippen LogP contribution in [-0.4, -0.2) is 16.6 Å². The third kappa shape index (κ3) is 2.84. The van der Waals surface area contributed by atoms with E-state index < -0.39 is 0 Å². The standard InChI is InChI=1S/C15H18N2O2/c1-4-13-16-14(10(3)15(18)17-13)11-6-8-12(9-7-11)19-5-2/h6-9H,4-5H2,1-3H3,(H,16,17,18). The van der Waals surface area contributed by atoms with E-state index in [4.69, 9.17) is 4.74 Å². The Morgan fingerprint density at radius 3 is 2.47 bits per heavy atom. The van der Waals surface area contributed by atoms with E-state index in [2.05, 4.69) is 9.97 Å². The topological polar surface area (TPSA) is 55.0 Å². The van der Waals surface area contributed by atoms with Crippen molar-refractivity contribution >= 4 is 0 Å². The van der Waals surface area contributed by atoms with Gasteiger partial charge in [0.1, 0.15) is 11.6 Å². The van der Waals surface area contributed by atoms with E-state index in [9.17, 15) is 4.79 Å². The lowest BCUT2D eigenvalue weighted by atomic mass is 10.1. The first kappa shape index (κ1) is 13.3. The summed E-state index contributed by atoms with van der Waals surface area (Å²) in [5.74, 6) is 1.53. The van der Waals surface area contributed by atoms with Gasteiger partial charge in [0.25, 0.3) is 5.56 Å². The molecule has 4 heteroatoms. The number of hydrogen-bond acceptors (Lipinski definition) is 3. The van der Waals surface area contributed by atoms with Crippen LogP contribution < -0.4 is 10.3 Å². The smallest absolute Gasteiger partial charge is 0.254 e. The molecule has 0 atom stereocenters. The molecule has 0 fully saturated rings. The van der Waals surface area contributed by atoms with Crippen LogP contribution in [0.15, 0.2) is 29.1 Å². The van der Waals surface area contributed by atoms with Gasteiger partial charge >= 0.3 is 0 Å². The molecular formula is C15H18N2O2. The number of hydrogen-bond donors (Lipinski definition) is 1. The van der Waals surface area contributed by atoms with Crippen molar-refractivity contribution in [3.63, 3.8) is 0 Å². The van der Waals surface area contributed by atoms with E-state index in [1.165, 1.54) is 0 Å². The zero-order valence-corrected chi connectivity index (χ0v) is 11.5. The summed E-state index contributed by atoms with van der Waals surface area (Å²) < 4.78 is 5.41. The molecule has 0 radical (unpaired) electrons. The monoisotopic (exact) mass is 258 g/mol. The minimum absolute atomic E-state index is 0.0734. The maximum atomic E-state index is 11.8. The molecule has 0 aliphatic rings. The summed E-state index contributed by atoms with van der Waals surface area (Å²) in [5.41, 5.74) is 2.24. The molecule has 1 N–H and O–H groups in total. The van der Waals surface area contributed by atoms with Crippen LogP contribution in [0.2, 0.25) is 0 Å². The molecule has 0 unspecified atom stereocenters. The Bertz CT molecular complexity index is 615. The Kier molecular flexibility index (Phi) is 4.00. The number of nitrogens with one attached hydrogen (secondary N) is 1. The summed E-state index contributed by atoms with van der Waals surface area (Å²) in [6, 6.07) is 7.65. The van der Waals surface area contributed by atoms with Crippen molar-refractivity contribution in [3.8, 4) is 17.0 Å². The van der Waals surface area contributed by atoms with Crippen LogP contribution in [-0.2, 0) is 6.42 Å². The summed E-state index contributed by atoms with van der Waals surface area (Å²) >= 11 is 0. The van der Waals surface area contributed by atoms with Crippen LogP contribution in [0, 0.1) is 6.92 Å². The highest BCUT2D eigenvalue weighted by atomic mass is 16.5. The predicted octanol–water partition coefficient (Wildman–Crippen LogP) is 2.71. The Balaban J connectivity index is 2.46. The third-order valence-corrected chi connectivity index (χ3v) is 2.97. The lowest BCUT2D eigenvalue weighted by molar-refractivity contribution is 0.340. The van der Waals surface area contributed by atoms with Crippen molar-refractivity contribution in [2.45, 2.75) is 27.2 Å². The molecule has 0 saturated heterocycles. The number of benzene rings is 1. The van der Waals surface area contributed by atoms with E-state index in [1.807, 2.05) is 38.1 Å². The molecular weight excluding hydrogens is 240 g/mol. The Morgan fingerprint density at radius 1 is 1.21 bits per heavy atom. The number of rotatable bonds is 4. The fraction of sp³-hybridized carbons (Fsp3) is 0.333. The molecule has 19 heavy (non-hydrogen) atoms. The average Bonchev–Trinajstić information content (AvgIpc) is 2.43. The van der Waals surface area contributed by atoms with Gasteiger partial charge in [-0.2, -0.15) is 0 Å². The lowest BCUT2D eigenvalue weighted by Gasteiger charge is -2.08. The van der Waals surface area contributed by atoms with Crippen LogP contribution in [0.5, 0.6) is 5.75 Å². The maximum absolute atomic E-state index is 11.8. The Labute approximate surface area is 112 Å². The fourth-order valence-corrected chi connectivity index (χ4v) is 1.90. The fourth-order valence-electron chi connectivity index (χ4n) is 1.90. The van der Waals surface area contributed by atoms with Crippen molar-refractivity contribution in [3.05, 3.63) is 46.0 Å². The minimum atomic E-state index is -0.0734. The lowest BCUT2D eigenvalue weighted by Crippen LogP contribution is -2.15. The Hall–Kier alpha value is -2.10. The molecule has 1 heterocycles. The number of aromatic amines is 1. The van der Waals surface area contributed by atoms with Crippen molar-refractivity contribution in [1.29, 1.82) is 0 Å². The Morgan fingerprint density at radius 2 is 1.89 bits per heavy atom. The number of ether oxygens (including phenoxy) is 1. The SMILES string of the molecule is CCOc1ccc(-c2nc(CC)[nH]c(=O)c2C)cc1. The summed E-state index contributed by atoms with van der Waals surface area (Å²) in [7, 11) is 0. The summed E-state index contributed by atoms with van der Waals surface area (Å²) in [6.45, 7) is 6.35. The first-order chi connectivity index (χ1) is 9.15. The van der Waals surface area contributed by atoms with Gasteiger partial charge in [0.05, 0.1) is 12.3 Å². The largest absolute Gasteiger partial charge is 0.494 e. The number of nitrogens with zero attached hydrogens (tertiary/aromatic N) is 1. The first-order valence-corrected chi connectivity index (χ1v) is 6.48. The maximum Gasteiger partial charge on any atom is 0.254 e. The van der Waals surface area contributed by atoms with Crippen LogP contribution in [0.25, 0.3) is 11.3 Å². The zero-order valence-electron chi connectivity index (χ0n) is 11.5. The number of H-pyrrole nitrogens is 1. The predicted molar refractivity (Wildman–Crippen MR) is 75.6 cm³/mol. The molecule has 2 aromatic rings. The zero-order chi connectivity index (χ0) is 13.8. The molecule has 0 amide bonds. The summed E-state index contributed by atoms with van der Waals surface area (Å²) in [4.78, 5) is 19.1. The number of aromatic nitrogens is 2. The van der Waals surface area contributed by atoms with E-state index >= 15 is 0 Å². The highest BCUT2D eigenvalue weighted by Gasteiger charge is 2.09. The van der Waals surface area contributed by atoms with E-state index in [-0.39, 0.29) is 5.56 Å². The van der Waals surface area contributed by atoms with Gasteiger partial charge < -0.3 is 9.72 Å². The molecule has 1 aromatic carbocycles. The van der Waals surface area contributed by atoms with Crippen LogP contribution in [0.3, 0.4) is 0 Å². The van der Waals surface area contributed by atoms with E-state index in [1.54, 1.807) is 6.92 Å². The molecule has 0 aliphatic carbocycles. The molecule has 4 nitrogen and oxygen atoms in total.